The van der Waals surface area contributed by atoms with E-state index in [0.29, 0.717) is 6.42 Å². The summed E-state index contributed by atoms with van der Waals surface area (Å²) in [7, 11) is 2.06. The topological polar surface area (TPSA) is 20.3 Å². The molecule has 0 aromatic heterocycles. The summed E-state index contributed by atoms with van der Waals surface area (Å²) >= 11 is 0. The second-order valence-corrected chi connectivity index (χ2v) is 5.37. The van der Waals surface area contributed by atoms with Gasteiger partial charge in [-0.25, -0.2) is 0 Å². The summed E-state index contributed by atoms with van der Waals surface area (Å²) in [5.74, 6) is 0.251. The maximum Gasteiger partial charge on any atom is 0.131 e. The van der Waals surface area contributed by atoms with Crippen LogP contribution in [0, 0.1) is 6.92 Å². The van der Waals surface area contributed by atoms with Crippen molar-refractivity contribution in [2.24, 2.45) is 0 Å². The molecule has 0 fully saturated rings. The lowest BCUT2D eigenvalue weighted by Gasteiger charge is -2.16. The van der Waals surface area contributed by atoms with Gasteiger partial charge in [0.1, 0.15) is 5.78 Å². The van der Waals surface area contributed by atoms with Crippen LogP contribution in [0.1, 0.15) is 24.5 Å². The fourth-order valence-electron chi connectivity index (χ4n) is 2.25. The molecule has 0 heterocycles. The Bertz CT molecular complexity index is 589. The van der Waals surface area contributed by atoms with Gasteiger partial charge >= 0.3 is 0 Å². The molecule has 2 rings (SSSR count). The van der Waals surface area contributed by atoms with Crippen molar-refractivity contribution in [1.29, 1.82) is 0 Å². The second kappa shape index (κ2) is 5.98. The Kier molecular flexibility index (Phi) is 4.33. The third-order valence-corrected chi connectivity index (χ3v) is 3.36. The summed E-state index contributed by atoms with van der Waals surface area (Å²) in [6, 6.07) is 13.1. The molecule has 0 unspecified atom stereocenters. The average molecular weight is 255 g/mol. The summed E-state index contributed by atoms with van der Waals surface area (Å²) < 4.78 is 0. The molecule has 2 aromatic carbocycles. The third kappa shape index (κ3) is 3.90. The van der Waals surface area contributed by atoms with Gasteiger partial charge in [0, 0.05) is 19.5 Å². The average Bonchev–Trinajstić information content (AvgIpc) is 2.36. The highest BCUT2D eigenvalue weighted by Crippen LogP contribution is 2.18. The molecular formula is C17H21NO. The fraction of sp³-hybridized carbons (Fsp3) is 0.353. The zero-order valence-corrected chi connectivity index (χ0v) is 11.9. The zero-order valence-electron chi connectivity index (χ0n) is 11.9. The van der Waals surface area contributed by atoms with E-state index in [-0.39, 0.29) is 5.78 Å². The van der Waals surface area contributed by atoms with Gasteiger partial charge in [0.25, 0.3) is 0 Å². The van der Waals surface area contributed by atoms with E-state index in [9.17, 15) is 4.79 Å². The lowest BCUT2D eigenvalue weighted by Crippen LogP contribution is -2.20. The van der Waals surface area contributed by atoms with E-state index < -0.39 is 0 Å². The highest BCUT2D eigenvalue weighted by molar-refractivity contribution is 5.83. The van der Waals surface area contributed by atoms with Crippen molar-refractivity contribution in [2.75, 3.05) is 13.6 Å². The molecular weight excluding hydrogens is 234 g/mol. The number of hydrogen-bond donors (Lipinski definition) is 0. The Morgan fingerprint density at radius 2 is 1.79 bits per heavy atom. The van der Waals surface area contributed by atoms with Gasteiger partial charge in [-0.3, -0.25) is 4.79 Å². The predicted octanol–water partition coefficient (Wildman–Crippen LogP) is 3.56. The minimum Gasteiger partial charge on any atom is -0.302 e. The maximum absolute atomic E-state index is 11.0. The molecule has 0 bridgehead atoms. The Morgan fingerprint density at radius 1 is 1.11 bits per heavy atom. The Hall–Kier alpha value is -1.67. The van der Waals surface area contributed by atoms with Gasteiger partial charge in [0.05, 0.1) is 0 Å². The van der Waals surface area contributed by atoms with Crippen LogP contribution in [0.3, 0.4) is 0 Å². The SMILES string of the molecule is CC(=O)CCN(C)Cc1ccc2cc(C)ccc2c1. The molecule has 0 aliphatic carbocycles. The minimum atomic E-state index is 0.251. The number of fused-ring (bicyclic) bond motifs is 1. The van der Waals surface area contributed by atoms with Crippen LogP contribution in [0.25, 0.3) is 10.8 Å². The molecule has 0 radical (unpaired) electrons. The van der Waals surface area contributed by atoms with Crippen molar-refractivity contribution in [3.05, 3.63) is 47.5 Å². The quantitative estimate of drug-likeness (QED) is 0.814. The first-order valence-electron chi connectivity index (χ1n) is 6.72. The molecule has 0 atom stereocenters. The van der Waals surface area contributed by atoms with Crippen molar-refractivity contribution < 1.29 is 4.79 Å². The number of nitrogens with zero attached hydrogens (tertiary/aromatic N) is 1. The van der Waals surface area contributed by atoms with Crippen LogP contribution < -0.4 is 0 Å². The van der Waals surface area contributed by atoms with Gasteiger partial charge in [0.2, 0.25) is 0 Å². The number of carbonyl (C=O) groups excluding carboxylic acids is 1. The van der Waals surface area contributed by atoms with Gasteiger partial charge in [-0.2, -0.15) is 0 Å². The molecule has 0 amide bonds. The molecule has 2 heteroatoms. The summed E-state index contributed by atoms with van der Waals surface area (Å²) in [4.78, 5) is 13.2. The van der Waals surface area contributed by atoms with Crippen LogP contribution >= 0.6 is 0 Å². The molecule has 100 valence electrons. The highest BCUT2D eigenvalue weighted by Gasteiger charge is 2.03. The molecule has 0 aliphatic rings. The van der Waals surface area contributed by atoms with E-state index in [1.807, 2.05) is 0 Å². The van der Waals surface area contributed by atoms with Crippen LogP contribution in [0.5, 0.6) is 0 Å². The summed E-state index contributed by atoms with van der Waals surface area (Å²) in [6.45, 7) is 5.47. The first kappa shape index (κ1) is 13.8. The van der Waals surface area contributed by atoms with E-state index in [0.717, 1.165) is 13.1 Å². The van der Waals surface area contributed by atoms with Gasteiger partial charge in [-0.1, -0.05) is 35.9 Å². The van der Waals surface area contributed by atoms with Crippen LogP contribution in [-0.2, 0) is 11.3 Å². The predicted molar refractivity (Wildman–Crippen MR) is 80.3 cm³/mol. The van der Waals surface area contributed by atoms with Crippen molar-refractivity contribution in [1.82, 2.24) is 4.90 Å². The fourth-order valence-corrected chi connectivity index (χ4v) is 2.25. The lowest BCUT2D eigenvalue weighted by molar-refractivity contribution is -0.117. The molecule has 2 aromatic rings. The normalized spacial score (nSPS) is 11.2. The zero-order chi connectivity index (χ0) is 13.8. The first-order valence-corrected chi connectivity index (χ1v) is 6.72. The number of benzene rings is 2. The number of hydrogen-bond acceptors (Lipinski definition) is 2. The maximum atomic E-state index is 11.0. The lowest BCUT2D eigenvalue weighted by atomic mass is 10.0. The molecule has 0 spiro atoms. The van der Waals surface area contributed by atoms with E-state index in [4.69, 9.17) is 0 Å². The third-order valence-electron chi connectivity index (χ3n) is 3.36. The molecule has 19 heavy (non-hydrogen) atoms. The van der Waals surface area contributed by atoms with Crippen molar-refractivity contribution in [3.8, 4) is 0 Å². The number of rotatable bonds is 5. The van der Waals surface area contributed by atoms with Crippen LogP contribution in [0.15, 0.2) is 36.4 Å². The summed E-state index contributed by atoms with van der Waals surface area (Å²) in [5, 5.41) is 2.57. The van der Waals surface area contributed by atoms with Crippen molar-refractivity contribution in [3.63, 3.8) is 0 Å². The van der Waals surface area contributed by atoms with E-state index >= 15 is 0 Å². The summed E-state index contributed by atoms with van der Waals surface area (Å²) in [6.07, 6.45) is 0.628. The molecule has 0 saturated heterocycles. The van der Waals surface area contributed by atoms with Gasteiger partial charge < -0.3 is 4.90 Å². The molecule has 0 N–H and O–H groups in total. The van der Waals surface area contributed by atoms with Crippen LogP contribution in [0.2, 0.25) is 0 Å². The van der Waals surface area contributed by atoms with E-state index in [1.54, 1.807) is 6.92 Å². The largest absolute Gasteiger partial charge is 0.302 e. The van der Waals surface area contributed by atoms with Gasteiger partial charge in [-0.05, 0) is 43.3 Å². The van der Waals surface area contributed by atoms with E-state index in [2.05, 4.69) is 55.3 Å². The van der Waals surface area contributed by atoms with Crippen LogP contribution in [-0.4, -0.2) is 24.3 Å². The monoisotopic (exact) mass is 255 g/mol. The molecule has 0 saturated carbocycles. The number of aryl methyl sites for hydroxylation is 1. The van der Waals surface area contributed by atoms with Crippen molar-refractivity contribution >= 4 is 16.6 Å². The minimum absolute atomic E-state index is 0.251. The molecule has 2 nitrogen and oxygen atoms in total. The molecule has 0 aliphatic heterocycles. The number of carbonyl (C=O) groups is 1. The Balaban J connectivity index is 2.08. The van der Waals surface area contributed by atoms with Gasteiger partial charge in [0.15, 0.2) is 0 Å². The van der Waals surface area contributed by atoms with Crippen LogP contribution in [0.4, 0.5) is 0 Å². The highest BCUT2D eigenvalue weighted by atomic mass is 16.1. The Labute approximate surface area is 115 Å². The second-order valence-electron chi connectivity index (χ2n) is 5.37. The Morgan fingerprint density at radius 3 is 2.53 bits per heavy atom. The number of ketones is 1. The van der Waals surface area contributed by atoms with Gasteiger partial charge in [-0.15, -0.1) is 0 Å². The number of Topliss-reactive ketones (excluding diaryl/α,β-unsaturated/α-hetero) is 1. The summed E-state index contributed by atoms with van der Waals surface area (Å²) in [5.41, 5.74) is 2.58. The first-order chi connectivity index (χ1) is 9.04. The standard InChI is InChI=1S/C17H21NO/c1-13-4-6-17-11-15(5-7-16(17)10-13)12-18(3)9-8-14(2)19/h4-7,10-11H,8-9,12H2,1-3H3. The smallest absolute Gasteiger partial charge is 0.131 e. The van der Waals surface area contributed by atoms with E-state index in [1.165, 1.54) is 21.9 Å². The van der Waals surface area contributed by atoms with Crippen molar-refractivity contribution in [2.45, 2.75) is 26.8 Å².